The highest BCUT2D eigenvalue weighted by molar-refractivity contribution is 7.74. The van der Waals surface area contributed by atoms with Crippen LogP contribution in [0.3, 0.4) is 0 Å². The molecule has 0 aliphatic heterocycles. The van der Waals surface area contributed by atoms with Gasteiger partial charge in [-0.05, 0) is 72.4 Å². The maximum Gasteiger partial charge on any atom is 0.265 e. The Morgan fingerprint density at radius 3 is 2.45 bits per heavy atom. The van der Waals surface area contributed by atoms with Crippen LogP contribution < -0.4 is 15.4 Å². The summed E-state index contributed by atoms with van der Waals surface area (Å²) >= 11 is 0. The van der Waals surface area contributed by atoms with E-state index in [1.165, 1.54) is 49.5 Å². The Morgan fingerprint density at radius 1 is 1.13 bits per heavy atom. The number of halogens is 3. The number of anilines is 2. The lowest BCUT2D eigenvalue weighted by Crippen LogP contribution is -2.22. The fourth-order valence-electron chi connectivity index (χ4n) is 4.56. The van der Waals surface area contributed by atoms with E-state index in [0.717, 1.165) is 17.1 Å². The molecule has 0 radical (unpaired) electrons. The number of nitrogens with two attached hydrogens (primary N) is 1. The number of amides is 1. The molecule has 3 N–H and O–H groups in total. The number of fused-ring (bicyclic) bond motifs is 1. The van der Waals surface area contributed by atoms with Crippen LogP contribution in [0.2, 0.25) is 0 Å². The summed E-state index contributed by atoms with van der Waals surface area (Å²) < 4.78 is 72.4. The highest BCUT2D eigenvalue weighted by atomic mass is 32.2. The second-order valence-electron chi connectivity index (χ2n) is 9.13. The minimum atomic E-state index is -3.18. The molecule has 1 aliphatic carbocycles. The lowest BCUT2D eigenvalue weighted by atomic mass is 10.00. The molecule has 1 saturated carbocycles. The van der Waals surface area contributed by atoms with Crippen LogP contribution in [0.4, 0.5) is 24.5 Å². The molecule has 7 nitrogen and oxygen atoms in total. The molecule has 198 valence electrons. The minimum absolute atomic E-state index is 0.0663. The number of nitrogens with zero attached hydrogens (tertiary/aromatic N) is 1. The first-order valence-electron chi connectivity index (χ1n) is 11.8. The quantitative estimate of drug-likeness (QED) is 0.200. The second-order valence-corrected chi connectivity index (χ2v) is 10.1. The van der Waals surface area contributed by atoms with Crippen LogP contribution in [0.15, 0.2) is 59.0 Å². The van der Waals surface area contributed by atoms with Gasteiger partial charge in [0.25, 0.3) is 12.3 Å². The zero-order chi connectivity index (χ0) is 27.1. The third-order valence-electron chi connectivity index (χ3n) is 6.61. The smallest absolute Gasteiger partial charge is 0.265 e. The van der Waals surface area contributed by atoms with Gasteiger partial charge in [0.1, 0.15) is 17.2 Å². The van der Waals surface area contributed by atoms with Gasteiger partial charge in [-0.2, -0.15) is 0 Å². The number of nitrogens with one attached hydrogen (secondary N) is 1. The first kappa shape index (κ1) is 25.7. The molecule has 4 aromatic rings. The van der Waals surface area contributed by atoms with Gasteiger partial charge in [-0.3, -0.25) is 9.10 Å². The van der Waals surface area contributed by atoms with Gasteiger partial charge in [0.05, 0.1) is 17.8 Å². The summed E-state index contributed by atoms with van der Waals surface area (Å²) in [6.45, 7) is -0.197. The number of thiol groups is 1. The van der Waals surface area contributed by atoms with Gasteiger partial charge in [0.2, 0.25) is 10.9 Å². The standard InChI is InChI=1S/C27H24F3N3O4S/c1-32-27(34)24-20-11-18(15-3-4-15)22(12-23(20)37-25(24)16-5-7-17(28)8-6-16)33(38(35)36)13-14-2-9-21(31)19(10-14)26(29)30/h2,5-12,15,26,38H,3-4,13,31H2,1H3,(H,32,34). The van der Waals surface area contributed by atoms with Crippen molar-refractivity contribution in [3.05, 3.63) is 82.7 Å². The van der Waals surface area contributed by atoms with E-state index in [1.54, 1.807) is 12.1 Å². The molecule has 1 aliphatic rings. The summed E-state index contributed by atoms with van der Waals surface area (Å²) in [5, 5.41) is 3.09. The SMILES string of the molecule is CNC(=O)c1c(-c2ccc(F)cc2)oc2cc(N(Cc3ccc(N)c(C(F)F)c3)[SH](=O)=O)c(C3CC3)cc12. The van der Waals surface area contributed by atoms with Crippen molar-refractivity contribution in [2.45, 2.75) is 31.7 Å². The van der Waals surface area contributed by atoms with Crippen molar-refractivity contribution in [3.63, 3.8) is 0 Å². The summed E-state index contributed by atoms with van der Waals surface area (Å²) in [6.07, 6.45) is -1.15. The van der Waals surface area contributed by atoms with E-state index < -0.39 is 29.0 Å². The van der Waals surface area contributed by atoms with Crippen molar-refractivity contribution in [1.29, 1.82) is 0 Å². The first-order valence-corrected chi connectivity index (χ1v) is 13.0. The topological polar surface area (TPSA) is 106 Å². The van der Waals surface area contributed by atoms with Crippen molar-refractivity contribution in [2.24, 2.45) is 0 Å². The second kappa shape index (κ2) is 10.1. The zero-order valence-electron chi connectivity index (χ0n) is 20.2. The van der Waals surface area contributed by atoms with Crippen LogP contribution in [0.1, 0.15) is 52.2 Å². The highest BCUT2D eigenvalue weighted by Crippen LogP contribution is 2.48. The van der Waals surface area contributed by atoms with Gasteiger partial charge >= 0.3 is 0 Å². The Morgan fingerprint density at radius 2 is 1.84 bits per heavy atom. The Kier molecular flexibility index (Phi) is 6.78. The lowest BCUT2D eigenvalue weighted by Gasteiger charge is -2.22. The van der Waals surface area contributed by atoms with Crippen LogP contribution in [-0.4, -0.2) is 21.4 Å². The summed E-state index contributed by atoms with van der Waals surface area (Å²) in [5.41, 5.74) is 7.59. The van der Waals surface area contributed by atoms with E-state index in [2.05, 4.69) is 5.32 Å². The summed E-state index contributed by atoms with van der Waals surface area (Å²) in [4.78, 5) is 12.9. The monoisotopic (exact) mass is 543 g/mol. The third kappa shape index (κ3) is 4.81. The van der Waals surface area contributed by atoms with Gasteiger partial charge in [-0.25, -0.2) is 21.6 Å². The van der Waals surface area contributed by atoms with Crippen molar-refractivity contribution in [2.75, 3.05) is 17.1 Å². The van der Waals surface area contributed by atoms with Gasteiger partial charge in [-0.1, -0.05) is 6.07 Å². The molecule has 11 heteroatoms. The van der Waals surface area contributed by atoms with Crippen molar-refractivity contribution in [3.8, 4) is 11.3 Å². The van der Waals surface area contributed by atoms with Crippen molar-refractivity contribution >= 4 is 39.1 Å². The predicted octanol–water partition coefficient (Wildman–Crippen LogP) is 5.53. The molecular formula is C27H24F3N3O4S. The van der Waals surface area contributed by atoms with E-state index in [0.29, 0.717) is 27.8 Å². The number of hydrogen-bond donors (Lipinski definition) is 3. The molecule has 0 bridgehead atoms. The van der Waals surface area contributed by atoms with Crippen molar-refractivity contribution < 1.29 is 30.8 Å². The van der Waals surface area contributed by atoms with Gasteiger partial charge < -0.3 is 15.5 Å². The number of carbonyl (C=O) groups excluding carboxylic acids is 1. The molecule has 1 heterocycles. The largest absolute Gasteiger partial charge is 0.455 e. The maximum atomic E-state index is 13.5. The van der Waals surface area contributed by atoms with Crippen LogP contribution >= 0.6 is 0 Å². The molecule has 0 spiro atoms. The van der Waals surface area contributed by atoms with E-state index in [-0.39, 0.29) is 40.6 Å². The summed E-state index contributed by atoms with van der Waals surface area (Å²) in [7, 11) is -1.70. The number of furan rings is 1. The van der Waals surface area contributed by atoms with Gasteiger partial charge in [-0.15, -0.1) is 0 Å². The van der Waals surface area contributed by atoms with Crippen molar-refractivity contribution in [1.82, 2.24) is 5.32 Å². The average molecular weight is 544 g/mol. The Labute approximate surface area is 218 Å². The van der Waals surface area contributed by atoms with E-state index >= 15 is 0 Å². The van der Waals surface area contributed by atoms with E-state index in [4.69, 9.17) is 10.2 Å². The molecule has 1 amide bonds. The fraction of sp³-hybridized carbons (Fsp3) is 0.222. The van der Waals surface area contributed by atoms with Crippen LogP contribution in [0.25, 0.3) is 22.3 Å². The average Bonchev–Trinajstić information content (AvgIpc) is 3.67. The molecule has 38 heavy (non-hydrogen) atoms. The van der Waals surface area contributed by atoms with Crippen LogP contribution in [-0.2, 0) is 17.4 Å². The van der Waals surface area contributed by atoms with Crippen LogP contribution in [0.5, 0.6) is 0 Å². The number of hydrogen-bond acceptors (Lipinski definition) is 5. The Balaban J connectivity index is 1.67. The molecule has 0 unspecified atom stereocenters. The summed E-state index contributed by atoms with van der Waals surface area (Å²) in [5.74, 6) is -0.573. The molecule has 1 aromatic heterocycles. The van der Waals surface area contributed by atoms with E-state index in [9.17, 15) is 26.4 Å². The zero-order valence-corrected chi connectivity index (χ0v) is 21.1. The highest BCUT2D eigenvalue weighted by Gasteiger charge is 2.32. The lowest BCUT2D eigenvalue weighted by molar-refractivity contribution is 0.0964. The first-order chi connectivity index (χ1) is 18.2. The van der Waals surface area contributed by atoms with Crippen LogP contribution in [0, 0.1) is 5.82 Å². The molecule has 1 fully saturated rings. The molecule has 0 saturated heterocycles. The number of carbonyl (C=O) groups is 1. The molecular weight excluding hydrogens is 519 g/mol. The normalized spacial score (nSPS) is 13.4. The number of alkyl halides is 2. The molecule has 0 atom stereocenters. The van der Waals surface area contributed by atoms with Gasteiger partial charge in [0, 0.05) is 35.3 Å². The number of nitrogen functional groups attached to an aromatic ring is 1. The number of rotatable bonds is 8. The predicted molar refractivity (Wildman–Crippen MR) is 139 cm³/mol. The summed E-state index contributed by atoms with van der Waals surface area (Å²) in [6, 6.07) is 12.8. The minimum Gasteiger partial charge on any atom is -0.455 e. The fourth-order valence-corrected chi connectivity index (χ4v) is 5.19. The molecule has 5 rings (SSSR count). The number of benzene rings is 3. The third-order valence-corrected chi connectivity index (χ3v) is 7.36. The van der Waals surface area contributed by atoms with Gasteiger partial charge in [0.15, 0.2) is 0 Å². The Hall–Kier alpha value is -3.99. The Bertz CT molecular complexity index is 1600. The maximum absolute atomic E-state index is 13.5. The molecule has 3 aromatic carbocycles. The van der Waals surface area contributed by atoms with E-state index in [1.807, 2.05) is 0 Å².